The second-order valence-electron chi connectivity index (χ2n) is 3.98. The number of halogens is 1. The number of hydrogen-bond acceptors (Lipinski definition) is 3. The van der Waals surface area contributed by atoms with Gasteiger partial charge in [-0.05, 0) is 42.4 Å². The molecule has 0 aromatic heterocycles. The van der Waals surface area contributed by atoms with Crippen LogP contribution >= 0.6 is 23.4 Å². The molecule has 0 bridgehead atoms. The lowest BCUT2D eigenvalue weighted by atomic mass is 9.99. The van der Waals surface area contributed by atoms with Crippen LogP contribution in [0.2, 0.25) is 5.02 Å². The third kappa shape index (κ3) is 2.98. The van der Waals surface area contributed by atoms with Gasteiger partial charge in [-0.15, -0.1) is 0 Å². The summed E-state index contributed by atoms with van der Waals surface area (Å²) in [4.78, 5) is 13.2. The Hall–Kier alpha value is -1.76. The van der Waals surface area contributed by atoms with Gasteiger partial charge in [0.25, 0.3) is 0 Å². The molecule has 0 heterocycles. The van der Waals surface area contributed by atoms with Crippen molar-refractivity contribution in [2.24, 2.45) is 0 Å². The molecule has 4 heteroatoms. The minimum atomic E-state index is -0.113. The summed E-state index contributed by atoms with van der Waals surface area (Å²) in [7, 11) is 0. The summed E-state index contributed by atoms with van der Waals surface area (Å²) in [6, 6.07) is 12.3. The predicted octanol–water partition coefficient (Wildman–Crippen LogP) is 4.45. The summed E-state index contributed by atoms with van der Waals surface area (Å²) in [5.41, 5.74) is 2.00. The average molecular weight is 288 g/mol. The van der Waals surface area contributed by atoms with Crippen LogP contribution < -0.4 is 0 Å². The summed E-state index contributed by atoms with van der Waals surface area (Å²) in [5.74, 6) is -0.113. The molecule has 94 valence electrons. The van der Waals surface area contributed by atoms with E-state index >= 15 is 0 Å². The van der Waals surface area contributed by atoms with E-state index in [1.807, 2.05) is 30.5 Å². The summed E-state index contributed by atoms with van der Waals surface area (Å²) in [5, 5.41) is 11.3. The van der Waals surface area contributed by atoms with Gasteiger partial charge in [0.1, 0.15) is 5.40 Å². The molecule has 0 radical (unpaired) electrons. The molecule has 2 aromatic rings. The number of rotatable bonds is 3. The number of ketones is 1. The van der Waals surface area contributed by atoms with Crippen LogP contribution in [0.25, 0.3) is 0 Å². The Bertz CT molecular complexity index is 676. The maximum atomic E-state index is 12.5. The first-order chi connectivity index (χ1) is 9.13. The fourth-order valence-electron chi connectivity index (χ4n) is 1.79. The maximum Gasteiger partial charge on any atom is 0.194 e. The summed E-state index contributed by atoms with van der Waals surface area (Å²) in [6.45, 7) is 1.88. The first kappa shape index (κ1) is 13.7. The van der Waals surface area contributed by atoms with Crippen molar-refractivity contribution in [1.82, 2.24) is 0 Å². The van der Waals surface area contributed by atoms with Crippen LogP contribution in [-0.2, 0) is 0 Å². The zero-order chi connectivity index (χ0) is 13.8. The number of carbonyl (C=O) groups excluding carboxylic acids is 1. The largest absolute Gasteiger partial charge is 0.289 e. The third-order valence-corrected chi connectivity index (χ3v) is 3.63. The van der Waals surface area contributed by atoms with Crippen LogP contribution in [0.5, 0.6) is 0 Å². The second kappa shape index (κ2) is 5.92. The molecular weight excluding hydrogens is 278 g/mol. The van der Waals surface area contributed by atoms with E-state index in [2.05, 4.69) is 0 Å². The summed E-state index contributed by atoms with van der Waals surface area (Å²) >= 11 is 6.91. The van der Waals surface area contributed by atoms with Crippen LogP contribution in [0.4, 0.5) is 0 Å². The normalized spacial score (nSPS) is 9.95. The van der Waals surface area contributed by atoms with Crippen molar-refractivity contribution in [3.63, 3.8) is 0 Å². The van der Waals surface area contributed by atoms with Crippen molar-refractivity contribution in [3.05, 3.63) is 64.2 Å². The Balaban J connectivity index is 2.53. The smallest absolute Gasteiger partial charge is 0.194 e. The summed E-state index contributed by atoms with van der Waals surface area (Å²) in [6.07, 6.45) is 0. The van der Waals surface area contributed by atoms with Crippen molar-refractivity contribution in [2.75, 3.05) is 0 Å². The zero-order valence-electron chi connectivity index (χ0n) is 10.2. The number of hydrogen-bond donors (Lipinski definition) is 0. The van der Waals surface area contributed by atoms with Gasteiger partial charge in [-0.3, -0.25) is 4.79 Å². The van der Waals surface area contributed by atoms with Gasteiger partial charge in [0.15, 0.2) is 5.78 Å². The van der Waals surface area contributed by atoms with Gasteiger partial charge < -0.3 is 0 Å². The number of aryl methyl sites for hydroxylation is 1. The van der Waals surface area contributed by atoms with Crippen LogP contribution in [0.1, 0.15) is 21.5 Å². The molecule has 0 N–H and O–H groups in total. The second-order valence-corrected chi connectivity index (χ2v) is 5.24. The molecule has 0 aliphatic carbocycles. The van der Waals surface area contributed by atoms with Crippen molar-refractivity contribution in [3.8, 4) is 5.40 Å². The number of benzene rings is 2. The maximum absolute atomic E-state index is 12.5. The van der Waals surface area contributed by atoms with E-state index < -0.39 is 0 Å². The highest BCUT2D eigenvalue weighted by Crippen LogP contribution is 2.27. The SMILES string of the molecule is Cc1ccccc1C(=O)c1cc(Cl)ccc1SC#N. The van der Waals surface area contributed by atoms with E-state index in [4.69, 9.17) is 16.9 Å². The molecular formula is C15H10ClNOS. The molecule has 0 atom stereocenters. The Kier molecular flexibility index (Phi) is 4.26. The lowest BCUT2D eigenvalue weighted by Crippen LogP contribution is -2.05. The van der Waals surface area contributed by atoms with E-state index in [9.17, 15) is 4.79 Å². The minimum Gasteiger partial charge on any atom is -0.289 e. The van der Waals surface area contributed by atoms with E-state index in [-0.39, 0.29) is 5.78 Å². The van der Waals surface area contributed by atoms with Gasteiger partial charge >= 0.3 is 0 Å². The lowest BCUT2D eigenvalue weighted by Gasteiger charge is -2.08. The summed E-state index contributed by atoms with van der Waals surface area (Å²) < 4.78 is 0. The minimum absolute atomic E-state index is 0.113. The molecule has 0 fully saturated rings. The Labute approximate surface area is 121 Å². The quantitative estimate of drug-likeness (QED) is 0.476. The van der Waals surface area contributed by atoms with Gasteiger partial charge in [0.2, 0.25) is 0 Å². The third-order valence-electron chi connectivity index (χ3n) is 2.73. The van der Waals surface area contributed by atoms with E-state index in [0.29, 0.717) is 21.0 Å². The Morgan fingerprint density at radius 2 is 1.95 bits per heavy atom. The molecule has 0 aliphatic rings. The fraction of sp³-hybridized carbons (Fsp3) is 0.0667. The molecule has 0 saturated carbocycles. The van der Waals surface area contributed by atoms with Crippen LogP contribution in [0.3, 0.4) is 0 Å². The van der Waals surface area contributed by atoms with Gasteiger partial charge in [0, 0.05) is 21.0 Å². The number of nitriles is 1. The standard InChI is InChI=1S/C15H10ClNOS/c1-10-4-2-3-5-12(10)15(18)13-8-11(16)6-7-14(13)19-9-17/h2-8H,1H3. The molecule has 2 nitrogen and oxygen atoms in total. The average Bonchev–Trinajstić information content (AvgIpc) is 2.41. The molecule has 2 aromatic carbocycles. The van der Waals surface area contributed by atoms with E-state index in [0.717, 1.165) is 17.3 Å². The van der Waals surface area contributed by atoms with E-state index in [1.165, 1.54) is 0 Å². The number of carbonyl (C=O) groups is 1. The Morgan fingerprint density at radius 1 is 1.21 bits per heavy atom. The number of nitrogens with zero attached hydrogens (tertiary/aromatic N) is 1. The van der Waals surface area contributed by atoms with Crippen molar-refractivity contribution >= 4 is 29.1 Å². The van der Waals surface area contributed by atoms with E-state index in [1.54, 1.807) is 24.3 Å². The highest BCUT2D eigenvalue weighted by molar-refractivity contribution is 8.03. The first-order valence-corrected chi connectivity index (χ1v) is 6.78. The zero-order valence-corrected chi connectivity index (χ0v) is 11.8. The van der Waals surface area contributed by atoms with Gasteiger partial charge in [-0.1, -0.05) is 35.9 Å². The number of thioether (sulfide) groups is 1. The van der Waals surface area contributed by atoms with Crippen LogP contribution in [0.15, 0.2) is 47.4 Å². The molecule has 0 spiro atoms. The molecule has 0 amide bonds. The fourth-order valence-corrected chi connectivity index (χ4v) is 2.46. The van der Waals surface area contributed by atoms with Gasteiger partial charge in [-0.25, -0.2) is 0 Å². The molecule has 0 saturated heterocycles. The molecule has 0 unspecified atom stereocenters. The Morgan fingerprint density at radius 3 is 2.63 bits per heavy atom. The first-order valence-electron chi connectivity index (χ1n) is 5.59. The molecule has 2 rings (SSSR count). The monoisotopic (exact) mass is 287 g/mol. The van der Waals surface area contributed by atoms with Crippen molar-refractivity contribution in [1.29, 1.82) is 5.26 Å². The topological polar surface area (TPSA) is 40.9 Å². The van der Waals surface area contributed by atoms with Gasteiger partial charge in [-0.2, -0.15) is 5.26 Å². The van der Waals surface area contributed by atoms with Crippen LogP contribution in [-0.4, -0.2) is 5.78 Å². The van der Waals surface area contributed by atoms with Crippen molar-refractivity contribution in [2.45, 2.75) is 11.8 Å². The van der Waals surface area contributed by atoms with Crippen molar-refractivity contribution < 1.29 is 4.79 Å². The molecule has 0 aliphatic heterocycles. The van der Waals surface area contributed by atoms with Gasteiger partial charge in [0.05, 0.1) is 0 Å². The highest BCUT2D eigenvalue weighted by Gasteiger charge is 2.16. The van der Waals surface area contributed by atoms with Crippen LogP contribution in [0, 0.1) is 17.6 Å². The molecule has 19 heavy (non-hydrogen) atoms. The lowest BCUT2D eigenvalue weighted by molar-refractivity contribution is 0.103. The highest BCUT2D eigenvalue weighted by atomic mass is 35.5. The predicted molar refractivity (Wildman–Crippen MR) is 77.5 cm³/mol. The number of thiocyanates is 1.